The van der Waals surface area contributed by atoms with Gasteiger partial charge in [0.15, 0.2) is 0 Å². The molecule has 0 bridgehead atoms. The fourth-order valence-electron chi connectivity index (χ4n) is 3.34. The highest BCUT2D eigenvalue weighted by Crippen LogP contribution is 2.19. The van der Waals surface area contributed by atoms with E-state index in [1.165, 1.54) is 32.1 Å². The molecule has 0 aromatic heterocycles. The second-order valence-electron chi connectivity index (χ2n) is 7.00. The first kappa shape index (κ1) is 19.7. The quantitative estimate of drug-likeness (QED) is 0.589. The summed E-state index contributed by atoms with van der Waals surface area (Å²) in [6.45, 7) is 3.42. The Morgan fingerprint density at radius 3 is 2.19 bits per heavy atom. The molecule has 4 heteroatoms. The third-order valence-corrected chi connectivity index (χ3v) is 4.85. The molecule has 0 aliphatic heterocycles. The van der Waals surface area contributed by atoms with Gasteiger partial charge in [0.25, 0.3) is 0 Å². The second kappa shape index (κ2) is 11.6. The van der Waals surface area contributed by atoms with Crippen molar-refractivity contribution in [3.8, 4) is 11.5 Å². The zero-order valence-corrected chi connectivity index (χ0v) is 16.1. The van der Waals surface area contributed by atoms with Crippen molar-refractivity contribution in [1.82, 2.24) is 5.32 Å². The van der Waals surface area contributed by atoms with Crippen LogP contribution in [0.5, 0.6) is 11.5 Å². The molecule has 0 saturated heterocycles. The number of ether oxygens (including phenoxy) is 3. The van der Waals surface area contributed by atoms with Crippen molar-refractivity contribution < 1.29 is 14.2 Å². The lowest BCUT2D eigenvalue weighted by atomic mass is 9.96. The van der Waals surface area contributed by atoms with E-state index in [1.807, 2.05) is 42.5 Å². The van der Waals surface area contributed by atoms with E-state index in [2.05, 4.69) is 17.4 Å². The Morgan fingerprint density at radius 1 is 0.741 bits per heavy atom. The Labute approximate surface area is 162 Å². The van der Waals surface area contributed by atoms with Gasteiger partial charge >= 0.3 is 0 Å². The van der Waals surface area contributed by atoms with E-state index >= 15 is 0 Å². The monoisotopic (exact) mass is 369 g/mol. The molecule has 1 aliphatic rings. The van der Waals surface area contributed by atoms with Crippen molar-refractivity contribution in [1.29, 1.82) is 0 Å². The summed E-state index contributed by atoms with van der Waals surface area (Å²) in [5, 5.41) is 3.58. The van der Waals surface area contributed by atoms with Crippen molar-refractivity contribution in [2.24, 2.45) is 0 Å². The van der Waals surface area contributed by atoms with E-state index in [9.17, 15) is 0 Å². The van der Waals surface area contributed by atoms with Crippen molar-refractivity contribution in [2.45, 2.75) is 44.8 Å². The van der Waals surface area contributed by atoms with Crippen LogP contribution in [0, 0.1) is 0 Å². The van der Waals surface area contributed by atoms with Crippen LogP contribution in [0.1, 0.15) is 37.7 Å². The number of benzene rings is 2. The van der Waals surface area contributed by atoms with Gasteiger partial charge in [0.05, 0.1) is 13.2 Å². The summed E-state index contributed by atoms with van der Waals surface area (Å²) in [5.41, 5.74) is 1.16. The Hall–Kier alpha value is -2.04. The summed E-state index contributed by atoms with van der Waals surface area (Å²) in [6.07, 6.45) is 6.75. The van der Waals surface area contributed by atoms with Crippen molar-refractivity contribution in [2.75, 3.05) is 26.4 Å². The number of rotatable bonds is 11. The van der Waals surface area contributed by atoms with Crippen LogP contribution >= 0.6 is 0 Å². The Morgan fingerprint density at radius 2 is 1.44 bits per heavy atom. The zero-order valence-electron chi connectivity index (χ0n) is 16.1. The summed E-state index contributed by atoms with van der Waals surface area (Å²) >= 11 is 0. The van der Waals surface area contributed by atoms with E-state index in [1.54, 1.807) is 0 Å². The van der Waals surface area contributed by atoms with Gasteiger partial charge in [-0.15, -0.1) is 0 Å². The molecule has 0 radical (unpaired) electrons. The molecular weight excluding hydrogens is 338 g/mol. The predicted octanol–water partition coefficient (Wildman–Crippen LogP) is 4.58. The molecule has 0 amide bonds. The van der Waals surface area contributed by atoms with Crippen molar-refractivity contribution in [3.63, 3.8) is 0 Å². The normalized spacial score (nSPS) is 14.8. The van der Waals surface area contributed by atoms with Gasteiger partial charge in [-0.1, -0.05) is 49.6 Å². The summed E-state index contributed by atoms with van der Waals surface area (Å²) in [4.78, 5) is 0. The van der Waals surface area contributed by atoms with Gasteiger partial charge in [0.2, 0.25) is 0 Å². The fraction of sp³-hybridized carbons (Fsp3) is 0.478. The predicted molar refractivity (Wildman–Crippen MR) is 108 cm³/mol. The first-order valence-corrected chi connectivity index (χ1v) is 10.1. The largest absolute Gasteiger partial charge is 0.491 e. The molecule has 27 heavy (non-hydrogen) atoms. The van der Waals surface area contributed by atoms with Gasteiger partial charge in [0.1, 0.15) is 24.7 Å². The first-order valence-electron chi connectivity index (χ1n) is 10.1. The molecule has 0 heterocycles. The lowest BCUT2D eigenvalue weighted by Gasteiger charge is -2.22. The van der Waals surface area contributed by atoms with Gasteiger partial charge in [-0.25, -0.2) is 0 Å². The Kier molecular flexibility index (Phi) is 8.49. The van der Waals surface area contributed by atoms with Crippen LogP contribution in [0.2, 0.25) is 0 Å². The molecule has 1 aliphatic carbocycles. The molecular formula is C23H31NO3. The molecule has 0 atom stereocenters. The van der Waals surface area contributed by atoms with Gasteiger partial charge < -0.3 is 19.5 Å². The maximum atomic E-state index is 5.78. The standard InChI is InChI=1S/C23H31NO3/c1-3-7-20(8-4-1)19-27-23-13-11-22(12-14-23)26-18-17-25-16-15-24-21-9-5-2-6-10-21/h1,3-4,7-8,11-14,21,24H,2,5-6,9-10,15-19H2. The lowest BCUT2D eigenvalue weighted by Crippen LogP contribution is -2.33. The van der Waals surface area contributed by atoms with E-state index < -0.39 is 0 Å². The van der Waals surface area contributed by atoms with Gasteiger partial charge in [0, 0.05) is 12.6 Å². The molecule has 0 unspecified atom stereocenters. The minimum atomic E-state index is 0.563. The molecule has 2 aromatic rings. The van der Waals surface area contributed by atoms with Crippen molar-refractivity contribution >= 4 is 0 Å². The highest BCUT2D eigenvalue weighted by molar-refractivity contribution is 5.31. The van der Waals surface area contributed by atoms with Crippen LogP contribution < -0.4 is 14.8 Å². The Bertz CT molecular complexity index is 624. The van der Waals surface area contributed by atoms with E-state index in [-0.39, 0.29) is 0 Å². The van der Waals surface area contributed by atoms with Crippen molar-refractivity contribution in [3.05, 3.63) is 60.2 Å². The lowest BCUT2D eigenvalue weighted by molar-refractivity contribution is 0.0993. The van der Waals surface area contributed by atoms with Crippen LogP contribution in [0.4, 0.5) is 0 Å². The summed E-state index contributed by atoms with van der Waals surface area (Å²) in [7, 11) is 0. The molecule has 1 saturated carbocycles. The smallest absolute Gasteiger partial charge is 0.120 e. The van der Waals surface area contributed by atoms with Crippen LogP contribution in [0.3, 0.4) is 0 Å². The maximum Gasteiger partial charge on any atom is 0.120 e. The highest BCUT2D eigenvalue weighted by atomic mass is 16.5. The fourth-order valence-corrected chi connectivity index (χ4v) is 3.34. The third kappa shape index (κ3) is 7.61. The molecule has 3 rings (SSSR count). The number of hydrogen-bond acceptors (Lipinski definition) is 4. The topological polar surface area (TPSA) is 39.7 Å². The molecule has 1 fully saturated rings. The van der Waals surface area contributed by atoms with Gasteiger partial charge in [-0.05, 0) is 42.7 Å². The van der Waals surface area contributed by atoms with E-state index in [0.717, 1.165) is 30.2 Å². The van der Waals surface area contributed by atoms with E-state index in [0.29, 0.717) is 25.9 Å². The van der Waals surface area contributed by atoms with Gasteiger partial charge in [-0.3, -0.25) is 0 Å². The molecule has 2 aromatic carbocycles. The minimum absolute atomic E-state index is 0.563. The van der Waals surface area contributed by atoms with Gasteiger partial charge in [-0.2, -0.15) is 0 Å². The third-order valence-electron chi connectivity index (χ3n) is 4.85. The van der Waals surface area contributed by atoms with Crippen LogP contribution in [0.15, 0.2) is 54.6 Å². The molecule has 1 N–H and O–H groups in total. The average Bonchev–Trinajstić information content (AvgIpc) is 2.74. The van der Waals surface area contributed by atoms with Crippen LogP contribution in [-0.2, 0) is 11.3 Å². The second-order valence-corrected chi connectivity index (χ2v) is 7.00. The average molecular weight is 370 g/mol. The SMILES string of the molecule is c1ccc(COc2ccc(OCCOCCNC3CCCCC3)cc2)cc1. The summed E-state index contributed by atoms with van der Waals surface area (Å²) < 4.78 is 17.1. The van der Waals surface area contributed by atoms with E-state index in [4.69, 9.17) is 14.2 Å². The summed E-state index contributed by atoms with van der Waals surface area (Å²) in [5.74, 6) is 1.68. The number of hydrogen-bond donors (Lipinski definition) is 1. The maximum absolute atomic E-state index is 5.78. The highest BCUT2D eigenvalue weighted by Gasteiger charge is 2.11. The molecule has 0 spiro atoms. The molecule has 146 valence electrons. The molecule has 4 nitrogen and oxygen atoms in total. The zero-order chi connectivity index (χ0) is 18.6. The van der Waals surface area contributed by atoms with Crippen LogP contribution in [0.25, 0.3) is 0 Å². The number of nitrogens with one attached hydrogen (secondary N) is 1. The minimum Gasteiger partial charge on any atom is -0.491 e. The summed E-state index contributed by atoms with van der Waals surface area (Å²) in [6, 6.07) is 18.6. The first-order chi connectivity index (χ1) is 13.4. The van der Waals surface area contributed by atoms with Crippen LogP contribution in [-0.4, -0.2) is 32.4 Å². The Balaban J connectivity index is 1.23.